The number of hydrogen-bond acceptors (Lipinski definition) is 5. The molecular formula is C22H29N3O4S. The molecule has 1 aliphatic rings. The first-order valence-electron chi connectivity index (χ1n) is 10.0. The Balaban J connectivity index is 1.49. The van der Waals surface area contributed by atoms with E-state index in [4.69, 9.17) is 4.74 Å². The van der Waals surface area contributed by atoms with E-state index in [1.807, 2.05) is 48.5 Å². The normalized spacial score (nSPS) is 15.7. The van der Waals surface area contributed by atoms with Crippen molar-refractivity contribution in [3.05, 3.63) is 65.2 Å². The van der Waals surface area contributed by atoms with Crippen molar-refractivity contribution in [1.82, 2.24) is 14.5 Å². The van der Waals surface area contributed by atoms with Crippen molar-refractivity contribution in [2.45, 2.75) is 13.0 Å². The Morgan fingerprint density at radius 2 is 1.73 bits per heavy atom. The van der Waals surface area contributed by atoms with Crippen LogP contribution in [0.1, 0.15) is 21.5 Å². The molecule has 3 rings (SSSR count). The maximum Gasteiger partial charge on any atom is 0.251 e. The lowest BCUT2D eigenvalue weighted by Crippen LogP contribution is -2.47. The molecule has 2 aromatic carbocycles. The Labute approximate surface area is 178 Å². The van der Waals surface area contributed by atoms with E-state index in [1.165, 1.54) is 10.6 Å². The summed E-state index contributed by atoms with van der Waals surface area (Å²) in [4.78, 5) is 14.7. The zero-order valence-corrected chi connectivity index (χ0v) is 18.3. The number of sulfonamides is 1. The number of hydrogen-bond donors (Lipinski definition) is 1. The van der Waals surface area contributed by atoms with Gasteiger partial charge in [0.25, 0.3) is 5.91 Å². The zero-order chi connectivity index (χ0) is 21.6. The summed E-state index contributed by atoms with van der Waals surface area (Å²) in [5, 5.41) is 2.97. The van der Waals surface area contributed by atoms with E-state index >= 15 is 0 Å². The first kappa shape index (κ1) is 22.3. The number of rotatable bonds is 8. The molecule has 0 aliphatic carbocycles. The van der Waals surface area contributed by atoms with Crippen LogP contribution < -0.4 is 10.1 Å². The molecule has 0 unspecified atom stereocenters. The van der Waals surface area contributed by atoms with E-state index in [1.54, 1.807) is 7.11 Å². The van der Waals surface area contributed by atoms with Gasteiger partial charge in [0.05, 0.1) is 13.4 Å². The number of ether oxygens (including phenoxy) is 1. The topological polar surface area (TPSA) is 79.0 Å². The van der Waals surface area contributed by atoms with Crippen LogP contribution in [0.2, 0.25) is 0 Å². The molecule has 0 aromatic heterocycles. The quantitative estimate of drug-likeness (QED) is 0.689. The van der Waals surface area contributed by atoms with Gasteiger partial charge in [0.15, 0.2) is 0 Å². The maximum absolute atomic E-state index is 12.5. The Morgan fingerprint density at radius 3 is 2.37 bits per heavy atom. The highest BCUT2D eigenvalue weighted by molar-refractivity contribution is 7.88. The lowest BCUT2D eigenvalue weighted by atomic mass is 10.1. The smallest absolute Gasteiger partial charge is 0.251 e. The first-order chi connectivity index (χ1) is 14.3. The fourth-order valence-electron chi connectivity index (χ4n) is 3.50. The number of nitrogens with zero attached hydrogens (tertiary/aromatic N) is 2. The van der Waals surface area contributed by atoms with E-state index < -0.39 is 10.0 Å². The van der Waals surface area contributed by atoms with Crippen LogP contribution in [0.15, 0.2) is 48.5 Å². The largest absolute Gasteiger partial charge is 0.497 e. The minimum absolute atomic E-state index is 0.0905. The second-order valence-corrected chi connectivity index (χ2v) is 9.47. The number of carbonyl (C=O) groups is 1. The summed E-state index contributed by atoms with van der Waals surface area (Å²) in [5.41, 5.74) is 2.82. The molecule has 1 fully saturated rings. The molecule has 7 nitrogen and oxygen atoms in total. The van der Waals surface area contributed by atoms with Gasteiger partial charge in [0.1, 0.15) is 5.75 Å². The monoisotopic (exact) mass is 431 g/mol. The van der Waals surface area contributed by atoms with Crippen LogP contribution in [0.25, 0.3) is 0 Å². The predicted octanol–water partition coefficient (Wildman–Crippen LogP) is 1.74. The molecule has 8 heteroatoms. The molecule has 0 radical (unpaired) electrons. The van der Waals surface area contributed by atoms with Crippen LogP contribution in [0.5, 0.6) is 5.75 Å². The van der Waals surface area contributed by atoms with Gasteiger partial charge >= 0.3 is 0 Å². The fraction of sp³-hybridized carbons (Fsp3) is 0.409. The Morgan fingerprint density at radius 1 is 1.03 bits per heavy atom. The third-order valence-electron chi connectivity index (χ3n) is 5.25. The van der Waals surface area contributed by atoms with Gasteiger partial charge in [-0.25, -0.2) is 8.42 Å². The minimum Gasteiger partial charge on any atom is -0.497 e. The van der Waals surface area contributed by atoms with Crippen LogP contribution in [-0.4, -0.2) is 69.6 Å². The van der Waals surface area contributed by atoms with Crippen molar-refractivity contribution >= 4 is 15.9 Å². The van der Waals surface area contributed by atoms with Crippen molar-refractivity contribution in [2.75, 3.05) is 46.1 Å². The van der Waals surface area contributed by atoms with Gasteiger partial charge in [0, 0.05) is 44.8 Å². The molecule has 1 aliphatic heterocycles. The van der Waals surface area contributed by atoms with E-state index in [0.29, 0.717) is 44.8 Å². The van der Waals surface area contributed by atoms with Gasteiger partial charge in [-0.15, -0.1) is 0 Å². The zero-order valence-electron chi connectivity index (χ0n) is 17.5. The van der Waals surface area contributed by atoms with E-state index in [2.05, 4.69) is 10.2 Å². The van der Waals surface area contributed by atoms with Crippen molar-refractivity contribution in [3.8, 4) is 5.75 Å². The third-order valence-corrected chi connectivity index (χ3v) is 6.56. The maximum atomic E-state index is 12.5. The van der Waals surface area contributed by atoms with E-state index in [-0.39, 0.29) is 5.91 Å². The van der Waals surface area contributed by atoms with E-state index in [0.717, 1.165) is 23.3 Å². The third kappa shape index (κ3) is 6.29. The molecule has 0 atom stereocenters. The van der Waals surface area contributed by atoms with Crippen molar-refractivity contribution in [3.63, 3.8) is 0 Å². The molecule has 0 spiro atoms. The SMILES string of the molecule is COc1ccc(CCNC(=O)c2cccc(CN3CCN(S(C)(=O)=O)CC3)c2)cc1. The highest BCUT2D eigenvalue weighted by Crippen LogP contribution is 2.13. The summed E-state index contributed by atoms with van der Waals surface area (Å²) in [5.74, 6) is 0.726. The molecule has 0 bridgehead atoms. The summed E-state index contributed by atoms with van der Waals surface area (Å²) < 4.78 is 29.9. The molecule has 1 amide bonds. The molecule has 2 aromatic rings. The molecule has 1 N–H and O–H groups in total. The fourth-order valence-corrected chi connectivity index (χ4v) is 4.33. The lowest BCUT2D eigenvalue weighted by Gasteiger charge is -2.33. The molecule has 1 heterocycles. The Hall–Kier alpha value is -2.42. The van der Waals surface area contributed by atoms with Crippen LogP contribution >= 0.6 is 0 Å². The second kappa shape index (κ2) is 10.1. The highest BCUT2D eigenvalue weighted by atomic mass is 32.2. The average molecular weight is 432 g/mol. The van der Waals surface area contributed by atoms with Gasteiger partial charge in [-0.3, -0.25) is 9.69 Å². The lowest BCUT2D eigenvalue weighted by molar-refractivity contribution is 0.0954. The summed E-state index contributed by atoms with van der Waals surface area (Å²) in [6.45, 7) is 3.64. The average Bonchev–Trinajstić information content (AvgIpc) is 2.74. The Bertz CT molecular complexity index is 953. The van der Waals surface area contributed by atoms with Gasteiger partial charge in [-0.1, -0.05) is 24.3 Å². The van der Waals surface area contributed by atoms with Crippen molar-refractivity contribution < 1.29 is 17.9 Å². The summed E-state index contributed by atoms with van der Waals surface area (Å²) in [6.07, 6.45) is 2.00. The molecule has 0 saturated carbocycles. The molecule has 30 heavy (non-hydrogen) atoms. The second-order valence-electron chi connectivity index (χ2n) is 7.49. The van der Waals surface area contributed by atoms with Gasteiger partial charge in [0.2, 0.25) is 10.0 Å². The number of benzene rings is 2. The highest BCUT2D eigenvalue weighted by Gasteiger charge is 2.23. The molecule has 1 saturated heterocycles. The van der Waals surface area contributed by atoms with Gasteiger partial charge in [-0.2, -0.15) is 4.31 Å². The van der Waals surface area contributed by atoms with Crippen LogP contribution in [0, 0.1) is 0 Å². The number of amides is 1. The standard InChI is InChI=1S/C22H29N3O4S/c1-29-21-8-6-18(7-9-21)10-11-23-22(26)20-5-3-4-19(16-20)17-24-12-14-25(15-13-24)30(2,27)28/h3-9,16H,10-15,17H2,1-2H3,(H,23,26). The molecular weight excluding hydrogens is 402 g/mol. The number of carbonyl (C=O) groups excluding carboxylic acids is 1. The van der Waals surface area contributed by atoms with E-state index in [9.17, 15) is 13.2 Å². The first-order valence-corrected chi connectivity index (χ1v) is 11.9. The van der Waals surface area contributed by atoms with Crippen LogP contribution in [0.3, 0.4) is 0 Å². The summed E-state index contributed by atoms with van der Waals surface area (Å²) in [6, 6.07) is 15.4. The van der Waals surface area contributed by atoms with Crippen LogP contribution in [0.4, 0.5) is 0 Å². The predicted molar refractivity (Wildman–Crippen MR) is 117 cm³/mol. The van der Waals surface area contributed by atoms with Crippen molar-refractivity contribution in [1.29, 1.82) is 0 Å². The number of nitrogens with one attached hydrogen (secondary N) is 1. The minimum atomic E-state index is -3.13. The molecule has 162 valence electrons. The van der Waals surface area contributed by atoms with Crippen LogP contribution in [-0.2, 0) is 23.0 Å². The van der Waals surface area contributed by atoms with Crippen molar-refractivity contribution in [2.24, 2.45) is 0 Å². The Kier molecular flexibility index (Phi) is 7.47. The van der Waals surface area contributed by atoms with Gasteiger partial charge < -0.3 is 10.1 Å². The summed E-state index contributed by atoms with van der Waals surface area (Å²) in [7, 11) is -1.49. The van der Waals surface area contributed by atoms with Gasteiger partial charge in [-0.05, 0) is 41.8 Å². The number of methoxy groups -OCH3 is 1. The number of piperazine rings is 1. The summed E-state index contributed by atoms with van der Waals surface area (Å²) >= 11 is 0.